The number of benzene rings is 2. The summed E-state index contributed by atoms with van der Waals surface area (Å²) in [6, 6.07) is 13.3. The maximum absolute atomic E-state index is 14.7. The molecule has 1 amide bonds. The normalized spacial score (nSPS) is 12.2. The van der Waals surface area contributed by atoms with Crippen LogP contribution in [-0.4, -0.2) is 40.4 Å². The molecule has 1 N–H and O–H groups in total. The largest absolute Gasteiger partial charge is 0.351 e. The van der Waals surface area contributed by atoms with Gasteiger partial charge in [-0.15, -0.1) is 5.10 Å². The molecule has 3 aromatic rings. The lowest BCUT2D eigenvalue weighted by Crippen LogP contribution is -2.30. The molecule has 1 unspecified atom stereocenters. The fraction of sp³-hybridized carbons (Fsp3) is 0.318. The van der Waals surface area contributed by atoms with Gasteiger partial charge >= 0.3 is 0 Å². The minimum atomic E-state index is -0.688. The van der Waals surface area contributed by atoms with Crippen molar-refractivity contribution in [2.75, 3.05) is 13.2 Å². The standard InChI is InChI=1S/C22H24BrFN4O3/c1-3-30-20(31-4-2)14-28-13-19(26-27-28)22(29)25-21(15-8-6-5-7-9-15)17-11-10-16(23)12-18(17)24/h5-13,20-21H,3-4,14H2,1-2H3,(H,25,29). The summed E-state index contributed by atoms with van der Waals surface area (Å²) in [4.78, 5) is 12.9. The van der Waals surface area contributed by atoms with E-state index >= 15 is 0 Å². The Hall–Kier alpha value is -2.62. The number of carbonyl (C=O) groups is 1. The fourth-order valence-electron chi connectivity index (χ4n) is 3.10. The predicted molar refractivity (Wildman–Crippen MR) is 117 cm³/mol. The smallest absolute Gasteiger partial charge is 0.274 e. The average molecular weight is 491 g/mol. The maximum atomic E-state index is 14.7. The molecule has 1 aromatic heterocycles. The van der Waals surface area contributed by atoms with E-state index in [1.165, 1.54) is 16.9 Å². The summed E-state index contributed by atoms with van der Waals surface area (Å²) in [6.45, 7) is 5.02. The number of aromatic nitrogens is 3. The summed E-state index contributed by atoms with van der Waals surface area (Å²) >= 11 is 3.26. The highest BCUT2D eigenvalue weighted by atomic mass is 79.9. The molecule has 1 atom stereocenters. The van der Waals surface area contributed by atoms with Crippen LogP contribution >= 0.6 is 15.9 Å². The lowest BCUT2D eigenvalue weighted by molar-refractivity contribution is -0.145. The molecule has 0 bridgehead atoms. The quantitative estimate of drug-likeness (QED) is 0.433. The monoisotopic (exact) mass is 490 g/mol. The van der Waals surface area contributed by atoms with Gasteiger partial charge in [-0.1, -0.05) is 57.5 Å². The summed E-state index contributed by atoms with van der Waals surface area (Å²) in [6.07, 6.45) is 1.03. The Balaban J connectivity index is 1.80. The average Bonchev–Trinajstić information content (AvgIpc) is 3.22. The van der Waals surface area contributed by atoms with Crippen molar-refractivity contribution in [1.29, 1.82) is 0 Å². The zero-order valence-electron chi connectivity index (χ0n) is 17.3. The molecule has 7 nitrogen and oxygen atoms in total. The van der Waals surface area contributed by atoms with Crippen LogP contribution in [0.2, 0.25) is 0 Å². The van der Waals surface area contributed by atoms with Gasteiger partial charge in [-0.3, -0.25) is 4.79 Å². The summed E-state index contributed by atoms with van der Waals surface area (Å²) in [5.74, 6) is -0.893. The molecule has 0 saturated carbocycles. The van der Waals surface area contributed by atoms with Crippen LogP contribution in [0.25, 0.3) is 0 Å². The summed E-state index contributed by atoms with van der Waals surface area (Å²) in [7, 11) is 0. The van der Waals surface area contributed by atoms with Crippen LogP contribution in [0.15, 0.2) is 59.2 Å². The second-order valence-electron chi connectivity index (χ2n) is 6.65. The molecule has 1 heterocycles. The van der Waals surface area contributed by atoms with Crippen LogP contribution in [0.5, 0.6) is 0 Å². The Labute approximate surface area is 188 Å². The summed E-state index contributed by atoms with van der Waals surface area (Å²) in [5.41, 5.74) is 1.21. The van der Waals surface area contributed by atoms with Crippen molar-refractivity contribution in [2.24, 2.45) is 0 Å². The first-order chi connectivity index (χ1) is 15.0. The third kappa shape index (κ3) is 6.19. The third-order valence-corrected chi connectivity index (χ3v) is 4.99. The van der Waals surface area contributed by atoms with Crippen molar-refractivity contribution >= 4 is 21.8 Å². The molecule has 0 aliphatic heterocycles. The van der Waals surface area contributed by atoms with E-state index in [-0.39, 0.29) is 5.69 Å². The van der Waals surface area contributed by atoms with E-state index in [0.29, 0.717) is 29.8 Å². The molecule has 3 rings (SSSR count). The van der Waals surface area contributed by atoms with Gasteiger partial charge < -0.3 is 14.8 Å². The van der Waals surface area contributed by atoms with Gasteiger partial charge in [0.25, 0.3) is 5.91 Å². The Morgan fingerprint density at radius 1 is 1.16 bits per heavy atom. The van der Waals surface area contributed by atoms with Crippen molar-refractivity contribution < 1.29 is 18.7 Å². The summed E-state index contributed by atoms with van der Waals surface area (Å²) in [5, 5.41) is 10.8. The van der Waals surface area contributed by atoms with Crippen LogP contribution in [0.3, 0.4) is 0 Å². The first kappa shape index (κ1) is 23.1. The number of carbonyl (C=O) groups excluding carboxylic acids is 1. The molecule has 0 radical (unpaired) electrons. The van der Waals surface area contributed by atoms with Gasteiger partial charge in [0.2, 0.25) is 0 Å². The van der Waals surface area contributed by atoms with Crippen molar-refractivity contribution in [1.82, 2.24) is 20.3 Å². The van der Waals surface area contributed by atoms with E-state index < -0.39 is 24.1 Å². The molecular formula is C22H24BrFN4O3. The number of halogens is 2. The highest BCUT2D eigenvalue weighted by Gasteiger charge is 2.23. The van der Waals surface area contributed by atoms with Crippen LogP contribution in [-0.2, 0) is 16.0 Å². The van der Waals surface area contributed by atoms with Crippen molar-refractivity contribution in [2.45, 2.75) is 32.7 Å². The number of amides is 1. The Morgan fingerprint density at radius 2 is 1.87 bits per heavy atom. The molecule has 31 heavy (non-hydrogen) atoms. The lowest BCUT2D eigenvalue weighted by atomic mass is 9.98. The van der Waals surface area contributed by atoms with Crippen molar-refractivity contribution in [3.63, 3.8) is 0 Å². The van der Waals surface area contributed by atoms with Crippen LogP contribution in [0.4, 0.5) is 4.39 Å². The number of hydrogen-bond acceptors (Lipinski definition) is 5. The van der Waals surface area contributed by atoms with Gasteiger partial charge in [0.05, 0.1) is 18.8 Å². The number of nitrogens with zero attached hydrogens (tertiary/aromatic N) is 3. The van der Waals surface area contributed by atoms with Gasteiger partial charge in [0.1, 0.15) is 5.82 Å². The number of rotatable bonds is 10. The first-order valence-corrected chi connectivity index (χ1v) is 10.7. The zero-order chi connectivity index (χ0) is 22.2. The topological polar surface area (TPSA) is 78.3 Å². The first-order valence-electron chi connectivity index (χ1n) is 9.95. The van der Waals surface area contributed by atoms with E-state index in [1.807, 2.05) is 44.2 Å². The van der Waals surface area contributed by atoms with Gasteiger partial charge in [-0.2, -0.15) is 0 Å². The molecular weight excluding hydrogens is 467 g/mol. The minimum Gasteiger partial charge on any atom is -0.351 e. The van der Waals surface area contributed by atoms with Crippen molar-refractivity contribution in [3.8, 4) is 0 Å². The number of hydrogen-bond donors (Lipinski definition) is 1. The third-order valence-electron chi connectivity index (χ3n) is 4.49. The second-order valence-corrected chi connectivity index (χ2v) is 7.56. The fourth-order valence-corrected chi connectivity index (χ4v) is 3.43. The second kappa shape index (κ2) is 11.1. The van der Waals surface area contributed by atoms with E-state index in [1.54, 1.807) is 12.1 Å². The van der Waals surface area contributed by atoms with Gasteiger partial charge in [0.15, 0.2) is 12.0 Å². The predicted octanol–water partition coefficient (Wildman–Crippen LogP) is 4.10. The lowest BCUT2D eigenvalue weighted by Gasteiger charge is -2.20. The molecule has 0 saturated heterocycles. The molecule has 164 valence electrons. The highest BCUT2D eigenvalue weighted by molar-refractivity contribution is 9.10. The molecule has 0 aliphatic carbocycles. The molecule has 0 fully saturated rings. The number of nitrogens with one attached hydrogen (secondary N) is 1. The Bertz CT molecular complexity index is 993. The molecule has 9 heteroatoms. The maximum Gasteiger partial charge on any atom is 0.274 e. The molecule has 0 aliphatic rings. The van der Waals surface area contributed by atoms with Crippen molar-refractivity contribution in [3.05, 3.63) is 81.8 Å². The van der Waals surface area contributed by atoms with E-state index in [4.69, 9.17) is 9.47 Å². The van der Waals surface area contributed by atoms with E-state index in [2.05, 4.69) is 31.6 Å². The van der Waals surface area contributed by atoms with Crippen LogP contribution in [0, 0.1) is 5.82 Å². The Morgan fingerprint density at radius 3 is 2.52 bits per heavy atom. The van der Waals surface area contributed by atoms with Gasteiger partial charge in [0, 0.05) is 23.2 Å². The van der Waals surface area contributed by atoms with Crippen LogP contribution < -0.4 is 5.32 Å². The number of ether oxygens (including phenoxy) is 2. The van der Waals surface area contributed by atoms with E-state index in [9.17, 15) is 9.18 Å². The SMILES string of the molecule is CCOC(Cn1cc(C(=O)NC(c2ccccc2)c2ccc(Br)cc2F)nn1)OCC. The summed E-state index contributed by atoms with van der Waals surface area (Å²) < 4.78 is 27.8. The Kier molecular flexibility index (Phi) is 8.27. The van der Waals surface area contributed by atoms with E-state index in [0.717, 1.165) is 5.56 Å². The molecule has 2 aromatic carbocycles. The minimum absolute atomic E-state index is 0.116. The zero-order valence-corrected chi connectivity index (χ0v) is 18.9. The van der Waals surface area contributed by atoms with Gasteiger partial charge in [-0.25, -0.2) is 9.07 Å². The molecule has 0 spiro atoms. The van der Waals surface area contributed by atoms with Gasteiger partial charge in [-0.05, 0) is 31.5 Å². The highest BCUT2D eigenvalue weighted by Crippen LogP contribution is 2.27. The van der Waals surface area contributed by atoms with Crippen LogP contribution in [0.1, 0.15) is 41.5 Å².